The van der Waals surface area contributed by atoms with Crippen LogP contribution < -0.4 is 16.8 Å². The minimum atomic E-state index is -0.192. The highest BCUT2D eigenvalue weighted by molar-refractivity contribution is 5.88. The van der Waals surface area contributed by atoms with Crippen LogP contribution in [-0.4, -0.2) is 11.9 Å². The third-order valence-corrected chi connectivity index (χ3v) is 1.22. The van der Waals surface area contributed by atoms with Crippen molar-refractivity contribution in [3.8, 4) is 0 Å². The summed E-state index contributed by atoms with van der Waals surface area (Å²) in [4.78, 5) is 10.8. The maximum atomic E-state index is 10.8. The molecule has 4 nitrogen and oxygen atoms in total. The molecule has 0 aromatic carbocycles. The van der Waals surface area contributed by atoms with E-state index in [9.17, 15) is 4.79 Å². The van der Waals surface area contributed by atoms with Crippen LogP contribution in [-0.2, 0) is 4.79 Å². The van der Waals surface area contributed by atoms with Gasteiger partial charge in [-0.2, -0.15) is 0 Å². The zero-order valence-corrected chi connectivity index (χ0v) is 6.86. The fourth-order valence-electron chi connectivity index (χ4n) is 0.622. The third kappa shape index (κ3) is 4.50. The van der Waals surface area contributed by atoms with E-state index < -0.39 is 0 Å². The predicted molar refractivity (Wildman–Crippen MR) is 44.9 cm³/mol. The summed E-state index contributed by atoms with van der Waals surface area (Å²) in [6.07, 6.45) is 3.34. The van der Waals surface area contributed by atoms with Crippen LogP contribution in [0, 0.1) is 0 Å². The molecule has 5 heteroatoms. The Kier molecular flexibility index (Phi) is 3.74. The molecule has 1 rings (SSSR count). The Morgan fingerprint density at radius 3 is 2.36 bits per heavy atom. The Morgan fingerprint density at radius 2 is 2.00 bits per heavy atom. The molecule has 0 unspecified atom stereocenters. The van der Waals surface area contributed by atoms with Gasteiger partial charge >= 0.3 is 0 Å². The summed E-state index contributed by atoms with van der Waals surface area (Å²) in [5, 5.41) is 2.71. The average molecular weight is 178 g/mol. The van der Waals surface area contributed by atoms with E-state index in [1.807, 2.05) is 0 Å². The monoisotopic (exact) mass is 177 g/mol. The van der Waals surface area contributed by atoms with Crippen LogP contribution in [0.25, 0.3) is 0 Å². The van der Waals surface area contributed by atoms with Crippen molar-refractivity contribution in [2.24, 2.45) is 11.5 Å². The fraction of sp³-hybridized carbons (Fsp3) is 0.500. The topological polar surface area (TPSA) is 81.1 Å². The minimum Gasteiger partial charge on any atom is -0.386 e. The Hall–Kier alpha value is -0.900. The molecule has 0 spiro atoms. The highest BCUT2D eigenvalue weighted by Crippen LogP contribution is 2.18. The number of hydrogen-bond donors (Lipinski definition) is 3. The van der Waals surface area contributed by atoms with E-state index in [1.54, 1.807) is 0 Å². The van der Waals surface area contributed by atoms with Crippen LogP contribution in [0.5, 0.6) is 0 Å². The maximum Gasteiger partial charge on any atom is 0.247 e. The van der Waals surface area contributed by atoms with Crippen molar-refractivity contribution in [2.45, 2.75) is 18.9 Å². The predicted octanol–water partition coefficient (Wildman–Crippen LogP) is -0.554. The lowest BCUT2D eigenvalue weighted by Crippen LogP contribution is -2.25. The molecule has 0 saturated heterocycles. The largest absolute Gasteiger partial charge is 0.386 e. The summed E-state index contributed by atoms with van der Waals surface area (Å²) in [5.41, 5.74) is 10.1. The highest BCUT2D eigenvalue weighted by atomic mass is 35.5. The number of nitrogens with two attached hydrogens (primary N) is 2. The standard InChI is InChI=1S/C6H11N3O.ClH/c7-5(8)3-6(10)9-4-1-2-4;/h3-4H,1-2,7-8H2,(H,9,10);1H. The Labute approximate surface area is 71.4 Å². The first-order chi connectivity index (χ1) is 4.68. The zero-order chi connectivity index (χ0) is 7.56. The number of halogens is 1. The summed E-state index contributed by atoms with van der Waals surface area (Å²) in [6.45, 7) is 0. The van der Waals surface area contributed by atoms with E-state index in [4.69, 9.17) is 11.5 Å². The molecule has 11 heavy (non-hydrogen) atoms. The average Bonchev–Trinajstić information content (AvgIpc) is 2.46. The Balaban J connectivity index is 0.000001000. The molecule has 0 heterocycles. The van der Waals surface area contributed by atoms with Gasteiger partial charge < -0.3 is 16.8 Å². The second-order valence-electron chi connectivity index (χ2n) is 2.43. The van der Waals surface area contributed by atoms with Crippen molar-refractivity contribution in [2.75, 3.05) is 0 Å². The number of carbonyl (C=O) groups excluding carboxylic acids is 1. The molecule has 1 fully saturated rings. The van der Waals surface area contributed by atoms with Gasteiger partial charge in [-0.15, -0.1) is 12.4 Å². The van der Waals surface area contributed by atoms with Crippen molar-refractivity contribution in [1.82, 2.24) is 5.32 Å². The maximum absolute atomic E-state index is 10.8. The molecule has 64 valence electrons. The molecule has 0 aromatic heterocycles. The van der Waals surface area contributed by atoms with Gasteiger partial charge in [0, 0.05) is 12.1 Å². The van der Waals surface area contributed by atoms with Gasteiger partial charge in [-0.1, -0.05) is 0 Å². The summed E-state index contributed by atoms with van der Waals surface area (Å²) < 4.78 is 0. The van der Waals surface area contributed by atoms with Crippen LogP contribution in [0.1, 0.15) is 12.8 Å². The summed E-state index contributed by atoms with van der Waals surface area (Å²) >= 11 is 0. The van der Waals surface area contributed by atoms with Gasteiger partial charge in [-0.3, -0.25) is 4.79 Å². The van der Waals surface area contributed by atoms with E-state index in [-0.39, 0.29) is 24.1 Å². The van der Waals surface area contributed by atoms with Crippen LogP contribution in [0.4, 0.5) is 0 Å². The third-order valence-electron chi connectivity index (χ3n) is 1.22. The molecule has 1 aliphatic carbocycles. The van der Waals surface area contributed by atoms with Gasteiger partial charge in [0.05, 0.1) is 5.82 Å². The molecule has 1 saturated carbocycles. The molecule has 0 aliphatic heterocycles. The first kappa shape index (κ1) is 10.1. The Morgan fingerprint density at radius 1 is 1.45 bits per heavy atom. The molecule has 1 amide bonds. The number of carbonyl (C=O) groups is 1. The van der Waals surface area contributed by atoms with Gasteiger partial charge in [0.1, 0.15) is 0 Å². The number of amides is 1. The van der Waals surface area contributed by atoms with Gasteiger partial charge in [0.2, 0.25) is 5.91 Å². The van der Waals surface area contributed by atoms with Gasteiger partial charge in [-0.25, -0.2) is 0 Å². The normalized spacial score (nSPS) is 14.5. The molecule has 0 atom stereocenters. The second-order valence-corrected chi connectivity index (χ2v) is 2.43. The van der Waals surface area contributed by atoms with E-state index in [2.05, 4.69) is 5.32 Å². The smallest absolute Gasteiger partial charge is 0.247 e. The molecule has 0 aromatic rings. The number of nitrogens with one attached hydrogen (secondary N) is 1. The second kappa shape index (κ2) is 4.08. The SMILES string of the molecule is Cl.NC(N)=CC(=O)NC1CC1. The minimum absolute atomic E-state index is 0. The van der Waals surface area contributed by atoms with Gasteiger partial charge in [0.15, 0.2) is 0 Å². The fourth-order valence-corrected chi connectivity index (χ4v) is 0.622. The van der Waals surface area contributed by atoms with Crippen LogP contribution in [0.15, 0.2) is 11.9 Å². The van der Waals surface area contributed by atoms with Crippen molar-refractivity contribution in [3.63, 3.8) is 0 Å². The summed E-state index contributed by atoms with van der Waals surface area (Å²) in [5.74, 6) is -0.138. The molecule has 0 radical (unpaired) electrons. The molecule has 1 aliphatic rings. The van der Waals surface area contributed by atoms with Crippen LogP contribution in [0.3, 0.4) is 0 Å². The zero-order valence-electron chi connectivity index (χ0n) is 6.04. The quantitative estimate of drug-likeness (QED) is 0.495. The first-order valence-corrected chi connectivity index (χ1v) is 3.21. The summed E-state index contributed by atoms with van der Waals surface area (Å²) in [7, 11) is 0. The molecule has 0 bridgehead atoms. The van der Waals surface area contributed by atoms with E-state index >= 15 is 0 Å². The van der Waals surface area contributed by atoms with Crippen molar-refractivity contribution >= 4 is 18.3 Å². The lowest BCUT2D eigenvalue weighted by atomic mass is 10.5. The number of hydrogen-bond acceptors (Lipinski definition) is 3. The van der Waals surface area contributed by atoms with Gasteiger partial charge in [-0.05, 0) is 12.8 Å². The van der Waals surface area contributed by atoms with Crippen molar-refractivity contribution in [1.29, 1.82) is 0 Å². The van der Waals surface area contributed by atoms with Crippen LogP contribution in [0.2, 0.25) is 0 Å². The number of rotatable bonds is 2. The van der Waals surface area contributed by atoms with E-state index in [1.165, 1.54) is 6.08 Å². The first-order valence-electron chi connectivity index (χ1n) is 3.21. The molecular formula is C6H12ClN3O. The molecule has 5 N–H and O–H groups in total. The molecular weight excluding hydrogens is 166 g/mol. The summed E-state index contributed by atoms with van der Waals surface area (Å²) in [6, 6.07) is 0.364. The lowest BCUT2D eigenvalue weighted by molar-refractivity contribution is -0.116. The van der Waals surface area contributed by atoms with Crippen molar-refractivity contribution in [3.05, 3.63) is 11.9 Å². The Bertz CT molecular complexity index is 173. The lowest BCUT2D eigenvalue weighted by Gasteiger charge is -1.96. The van der Waals surface area contributed by atoms with E-state index in [0.717, 1.165) is 12.8 Å². The van der Waals surface area contributed by atoms with Gasteiger partial charge in [0.25, 0.3) is 0 Å². The van der Waals surface area contributed by atoms with Crippen molar-refractivity contribution < 1.29 is 4.79 Å². The highest BCUT2D eigenvalue weighted by Gasteiger charge is 2.22. The van der Waals surface area contributed by atoms with E-state index in [0.29, 0.717) is 6.04 Å². The van der Waals surface area contributed by atoms with Crippen LogP contribution >= 0.6 is 12.4 Å².